The summed E-state index contributed by atoms with van der Waals surface area (Å²) in [6.45, 7) is 3.11. The molecule has 0 unspecified atom stereocenters. The molecule has 74 valence electrons. The van der Waals surface area contributed by atoms with Crippen molar-refractivity contribution in [3.05, 3.63) is 27.3 Å². The van der Waals surface area contributed by atoms with E-state index in [1.165, 1.54) is 14.8 Å². The molecule has 1 aliphatic rings. The van der Waals surface area contributed by atoms with E-state index >= 15 is 0 Å². The Morgan fingerprint density at radius 2 is 2.21 bits per heavy atom. The summed E-state index contributed by atoms with van der Waals surface area (Å²) in [6.07, 6.45) is 2.04. The second-order valence-electron chi connectivity index (χ2n) is 3.64. The van der Waals surface area contributed by atoms with E-state index < -0.39 is 0 Å². The van der Waals surface area contributed by atoms with E-state index in [2.05, 4.69) is 52.6 Å². The first-order valence-electron chi connectivity index (χ1n) is 4.79. The summed E-state index contributed by atoms with van der Waals surface area (Å²) in [5.74, 6) is 0.754. The maximum atomic E-state index is 7.79. The Hall–Kier alpha value is -0.580. The molecule has 14 heavy (non-hydrogen) atoms. The molecule has 1 heterocycles. The van der Waals surface area contributed by atoms with Crippen molar-refractivity contribution in [2.24, 2.45) is 0 Å². The summed E-state index contributed by atoms with van der Waals surface area (Å²) in [6, 6.07) is 6.40. The van der Waals surface area contributed by atoms with Crippen LogP contribution >= 0.6 is 22.6 Å². The van der Waals surface area contributed by atoms with Gasteiger partial charge in [-0.15, -0.1) is 0 Å². The van der Waals surface area contributed by atoms with Gasteiger partial charge in [0.25, 0.3) is 0 Å². The minimum Gasteiger partial charge on any atom is -0.330 e. The van der Waals surface area contributed by atoms with Crippen LogP contribution in [0, 0.1) is 15.9 Å². The fraction of sp³-hybridized carbons (Fsp3) is 0.364. The molecule has 1 fully saturated rings. The average molecular weight is 300 g/mol. The number of benzene rings is 1. The van der Waals surface area contributed by atoms with Gasteiger partial charge in [0.1, 0.15) is 5.84 Å². The van der Waals surface area contributed by atoms with E-state index in [0.29, 0.717) is 0 Å². The molecule has 1 aromatic carbocycles. The molecule has 1 aliphatic heterocycles. The van der Waals surface area contributed by atoms with Crippen LogP contribution < -0.4 is 4.90 Å². The van der Waals surface area contributed by atoms with E-state index in [0.717, 1.165) is 25.2 Å². The summed E-state index contributed by atoms with van der Waals surface area (Å²) in [4.78, 5) is 2.10. The third kappa shape index (κ3) is 1.78. The highest BCUT2D eigenvalue weighted by Crippen LogP contribution is 2.24. The Morgan fingerprint density at radius 3 is 2.79 bits per heavy atom. The predicted octanol–water partition coefficient (Wildman–Crippen LogP) is 3.18. The summed E-state index contributed by atoms with van der Waals surface area (Å²) in [7, 11) is 0. The van der Waals surface area contributed by atoms with Crippen LogP contribution in [0.4, 0.5) is 5.69 Å². The van der Waals surface area contributed by atoms with Gasteiger partial charge in [0.05, 0.1) is 0 Å². The van der Waals surface area contributed by atoms with Crippen LogP contribution in [-0.4, -0.2) is 12.4 Å². The van der Waals surface area contributed by atoms with Gasteiger partial charge >= 0.3 is 0 Å². The fourth-order valence-electron chi connectivity index (χ4n) is 1.71. The largest absolute Gasteiger partial charge is 0.330 e. The second-order valence-corrected chi connectivity index (χ2v) is 4.80. The molecule has 0 radical (unpaired) electrons. The number of hydrogen-bond acceptors (Lipinski definition) is 1. The maximum Gasteiger partial charge on any atom is 0.100 e. The molecule has 0 bridgehead atoms. The summed E-state index contributed by atoms with van der Waals surface area (Å²) in [5.41, 5.74) is 2.47. The number of hydrogen-bond donors (Lipinski definition) is 1. The number of nitrogens with one attached hydrogen (secondary N) is 1. The maximum absolute atomic E-state index is 7.79. The summed E-state index contributed by atoms with van der Waals surface area (Å²) in [5, 5.41) is 7.79. The van der Waals surface area contributed by atoms with Gasteiger partial charge in [-0.1, -0.05) is 6.07 Å². The van der Waals surface area contributed by atoms with E-state index in [9.17, 15) is 0 Å². The van der Waals surface area contributed by atoms with Crippen molar-refractivity contribution >= 4 is 34.1 Å². The SMILES string of the molecule is Cc1ccc(N2CCCC2=N)cc1I. The van der Waals surface area contributed by atoms with E-state index in [-0.39, 0.29) is 0 Å². The molecule has 0 spiro atoms. The van der Waals surface area contributed by atoms with Crippen LogP contribution in [0.1, 0.15) is 18.4 Å². The molecule has 2 rings (SSSR count). The third-order valence-corrected chi connectivity index (χ3v) is 3.75. The fourth-order valence-corrected chi connectivity index (χ4v) is 2.21. The van der Waals surface area contributed by atoms with Crippen molar-refractivity contribution in [2.45, 2.75) is 19.8 Å². The lowest BCUT2D eigenvalue weighted by atomic mass is 10.2. The quantitative estimate of drug-likeness (QED) is 0.792. The van der Waals surface area contributed by atoms with Gasteiger partial charge in [-0.3, -0.25) is 5.41 Å². The molecule has 0 amide bonds. The van der Waals surface area contributed by atoms with Crippen molar-refractivity contribution in [1.29, 1.82) is 5.41 Å². The van der Waals surface area contributed by atoms with Crippen LogP contribution in [-0.2, 0) is 0 Å². The van der Waals surface area contributed by atoms with Crippen molar-refractivity contribution in [1.82, 2.24) is 0 Å². The first kappa shape index (κ1) is 9.96. The number of aryl methyl sites for hydroxylation is 1. The Balaban J connectivity index is 2.32. The zero-order valence-electron chi connectivity index (χ0n) is 8.18. The van der Waals surface area contributed by atoms with Crippen molar-refractivity contribution in [3.63, 3.8) is 0 Å². The number of nitrogens with zero attached hydrogens (tertiary/aromatic N) is 1. The van der Waals surface area contributed by atoms with Gasteiger partial charge in [0, 0.05) is 22.2 Å². The smallest absolute Gasteiger partial charge is 0.100 e. The molecular weight excluding hydrogens is 287 g/mol. The highest BCUT2D eigenvalue weighted by Gasteiger charge is 2.18. The molecule has 0 aromatic heterocycles. The Bertz CT molecular complexity index is 374. The van der Waals surface area contributed by atoms with Crippen molar-refractivity contribution in [3.8, 4) is 0 Å². The molecule has 0 aliphatic carbocycles. The Labute approximate surface area is 98.0 Å². The first-order valence-corrected chi connectivity index (χ1v) is 5.87. The van der Waals surface area contributed by atoms with Gasteiger partial charge in [-0.05, 0) is 53.6 Å². The van der Waals surface area contributed by atoms with Crippen LogP contribution in [0.15, 0.2) is 18.2 Å². The monoisotopic (exact) mass is 300 g/mol. The highest BCUT2D eigenvalue weighted by molar-refractivity contribution is 14.1. The van der Waals surface area contributed by atoms with Gasteiger partial charge < -0.3 is 4.90 Å². The van der Waals surface area contributed by atoms with Crippen LogP contribution in [0.3, 0.4) is 0 Å². The number of rotatable bonds is 1. The van der Waals surface area contributed by atoms with Crippen molar-refractivity contribution < 1.29 is 0 Å². The number of amidine groups is 1. The van der Waals surface area contributed by atoms with Gasteiger partial charge in [0.15, 0.2) is 0 Å². The minimum absolute atomic E-state index is 0.754. The minimum atomic E-state index is 0.754. The van der Waals surface area contributed by atoms with Gasteiger partial charge in [-0.2, -0.15) is 0 Å². The zero-order chi connectivity index (χ0) is 10.1. The summed E-state index contributed by atoms with van der Waals surface area (Å²) < 4.78 is 1.28. The molecule has 0 atom stereocenters. The topological polar surface area (TPSA) is 27.1 Å². The molecule has 1 aromatic rings. The lowest BCUT2D eigenvalue weighted by Crippen LogP contribution is -2.23. The molecule has 1 N–H and O–H groups in total. The molecule has 0 saturated carbocycles. The first-order chi connectivity index (χ1) is 6.68. The second kappa shape index (κ2) is 3.88. The number of anilines is 1. The average Bonchev–Trinajstić information content (AvgIpc) is 2.57. The predicted molar refractivity (Wildman–Crippen MR) is 68.2 cm³/mol. The van der Waals surface area contributed by atoms with E-state index in [4.69, 9.17) is 5.41 Å². The number of halogens is 1. The van der Waals surface area contributed by atoms with Gasteiger partial charge in [0.2, 0.25) is 0 Å². The van der Waals surface area contributed by atoms with Crippen LogP contribution in [0.2, 0.25) is 0 Å². The normalized spacial score (nSPS) is 16.4. The summed E-state index contributed by atoms with van der Waals surface area (Å²) >= 11 is 2.35. The van der Waals surface area contributed by atoms with Crippen LogP contribution in [0.25, 0.3) is 0 Å². The van der Waals surface area contributed by atoms with Crippen molar-refractivity contribution in [2.75, 3.05) is 11.4 Å². The Kier molecular flexibility index (Phi) is 2.76. The van der Waals surface area contributed by atoms with E-state index in [1.54, 1.807) is 0 Å². The lowest BCUT2D eigenvalue weighted by Gasteiger charge is -2.18. The molecule has 2 nitrogen and oxygen atoms in total. The van der Waals surface area contributed by atoms with E-state index in [1.807, 2.05) is 0 Å². The lowest BCUT2D eigenvalue weighted by molar-refractivity contribution is 0.956. The Morgan fingerprint density at radius 1 is 1.43 bits per heavy atom. The molecule has 3 heteroatoms. The standard InChI is InChI=1S/C11H13IN2/c1-8-4-5-9(7-10(8)12)14-6-2-3-11(14)13/h4-5,7,13H,2-3,6H2,1H3. The zero-order valence-corrected chi connectivity index (χ0v) is 10.3. The molecule has 1 saturated heterocycles. The van der Waals surface area contributed by atoms with Crippen LogP contribution in [0.5, 0.6) is 0 Å². The third-order valence-electron chi connectivity index (χ3n) is 2.59. The highest BCUT2D eigenvalue weighted by atomic mass is 127. The van der Waals surface area contributed by atoms with Gasteiger partial charge in [-0.25, -0.2) is 0 Å². The molecular formula is C11H13IN2.